The number of hydrogen-bond donors (Lipinski definition) is 2. The van der Waals surface area contributed by atoms with Gasteiger partial charge in [-0.3, -0.25) is 0 Å². The lowest BCUT2D eigenvalue weighted by Gasteiger charge is -1.97. The van der Waals surface area contributed by atoms with Gasteiger partial charge in [0.25, 0.3) is 0 Å². The van der Waals surface area contributed by atoms with Crippen LogP contribution in [0.15, 0.2) is 24.3 Å². The van der Waals surface area contributed by atoms with Crippen LogP contribution in [0.5, 0.6) is 0 Å². The van der Waals surface area contributed by atoms with E-state index in [-0.39, 0.29) is 7.43 Å². The molecule has 2 nitrogen and oxygen atoms in total. The molecule has 0 radical (unpaired) electrons. The van der Waals surface area contributed by atoms with Gasteiger partial charge in [0.05, 0.1) is 0 Å². The van der Waals surface area contributed by atoms with Crippen molar-refractivity contribution in [1.29, 1.82) is 0 Å². The van der Waals surface area contributed by atoms with E-state index in [2.05, 4.69) is 0 Å². The first-order valence-corrected chi connectivity index (χ1v) is 3.13. The molecule has 1 aromatic carbocycles. The van der Waals surface area contributed by atoms with Gasteiger partial charge in [-0.25, -0.2) is 0 Å². The predicted molar refractivity (Wildman–Crippen MR) is 47.7 cm³/mol. The number of hydrogen-bond acceptors (Lipinski definition) is 2. The number of rotatable bonds is 1. The first kappa shape index (κ1) is 10.2. The molecule has 0 amide bonds. The van der Waals surface area contributed by atoms with Crippen LogP contribution in [-0.2, 0) is 0 Å². The first-order valence-electron chi connectivity index (χ1n) is 3.13. The standard InChI is InChI=1S/C7H9BO2.CH4/c1-6-2-4-7(5-3-6)8(9)10;/h2-5,9-10H,1H3;1H4. The third kappa shape index (κ3) is 2.74. The molecular formula is C8H13BO2. The maximum Gasteiger partial charge on any atom is 0.488 e. The van der Waals surface area contributed by atoms with Crippen molar-refractivity contribution in [3.05, 3.63) is 29.8 Å². The molecule has 0 unspecified atom stereocenters. The third-order valence-electron chi connectivity index (χ3n) is 1.38. The van der Waals surface area contributed by atoms with Gasteiger partial charge in [-0.1, -0.05) is 37.3 Å². The van der Waals surface area contributed by atoms with E-state index in [0.29, 0.717) is 5.46 Å². The Balaban J connectivity index is 0.000001000. The lowest BCUT2D eigenvalue weighted by atomic mass is 9.80. The molecule has 0 saturated heterocycles. The van der Waals surface area contributed by atoms with E-state index in [1.807, 2.05) is 19.1 Å². The SMILES string of the molecule is C.Cc1ccc(B(O)O)cc1. The van der Waals surface area contributed by atoms with Crippen molar-refractivity contribution in [3.63, 3.8) is 0 Å². The van der Waals surface area contributed by atoms with E-state index in [1.54, 1.807) is 12.1 Å². The molecule has 0 aliphatic rings. The number of benzene rings is 1. The number of aryl methyl sites for hydroxylation is 1. The summed E-state index contributed by atoms with van der Waals surface area (Å²) in [5.74, 6) is 0. The first-order chi connectivity index (χ1) is 4.70. The lowest BCUT2D eigenvalue weighted by molar-refractivity contribution is 0.426. The predicted octanol–water partition coefficient (Wildman–Crippen LogP) is 0.311. The fourth-order valence-corrected chi connectivity index (χ4v) is 0.739. The fourth-order valence-electron chi connectivity index (χ4n) is 0.739. The highest BCUT2D eigenvalue weighted by molar-refractivity contribution is 6.58. The Bertz CT molecular complexity index is 206. The molecule has 0 bridgehead atoms. The van der Waals surface area contributed by atoms with Crippen LogP contribution in [0, 0.1) is 6.92 Å². The molecule has 60 valence electrons. The normalized spacial score (nSPS) is 8.64. The van der Waals surface area contributed by atoms with Gasteiger partial charge in [0.2, 0.25) is 0 Å². The van der Waals surface area contributed by atoms with Crippen molar-refractivity contribution in [2.45, 2.75) is 14.4 Å². The molecule has 3 heteroatoms. The second-order valence-electron chi connectivity index (χ2n) is 2.28. The second-order valence-corrected chi connectivity index (χ2v) is 2.28. The summed E-state index contributed by atoms with van der Waals surface area (Å²) < 4.78 is 0. The third-order valence-corrected chi connectivity index (χ3v) is 1.38. The molecule has 0 aromatic heterocycles. The topological polar surface area (TPSA) is 40.5 Å². The summed E-state index contributed by atoms with van der Waals surface area (Å²) in [6.07, 6.45) is 0. The van der Waals surface area contributed by atoms with E-state index in [9.17, 15) is 0 Å². The highest BCUT2D eigenvalue weighted by atomic mass is 16.4. The van der Waals surface area contributed by atoms with Gasteiger partial charge < -0.3 is 10.0 Å². The van der Waals surface area contributed by atoms with E-state index in [1.165, 1.54) is 0 Å². The maximum absolute atomic E-state index is 8.67. The van der Waals surface area contributed by atoms with E-state index < -0.39 is 7.12 Å². The quantitative estimate of drug-likeness (QED) is 0.568. The van der Waals surface area contributed by atoms with Crippen LogP contribution in [0.3, 0.4) is 0 Å². The summed E-state index contributed by atoms with van der Waals surface area (Å²) in [5.41, 5.74) is 1.65. The van der Waals surface area contributed by atoms with Crippen LogP contribution >= 0.6 is 0 Å². The Morgan fingerprint density at radius 1 is 1.09 bits per heavy atom. The minimum absolute atomic E-state index is 0. The largest absolute Gasteiger partial charge is 0.488 e. The zero-order valence-corrected chi connectivity index (χ0v) is 5.78. The van der Waals surface area contributed by atoms with Crippen LogP contribution in [-0.4, -0.2) is 17.2 Å². The molecular weight excluding hydrogens is 139 g/mol. The Morgan fingerprint density at radius 2 is 1.55 bits per heavy atom. The molecule has 0 aliphatic carbocycles. The van der Waals surface area contributed by atoms with Gasteiger partial charge in [-0.2, -0.15) is 0 Å². The molecule has 1 rings (SSSR count). The van der Waals surface area contributed by atoms with Gasteiger partial charge >= 0.3 is 7.12 Å². The monoisotopic (exact) mass is 152 g/mol. The lowest BCUT2D eigenvalue weighted by Crippen LogP contribution is -2.29. The van der Waals surface area contributed by atoms with E-state index in [4.69, 9.17) is 10.0 Å². The van der Waals surface area contributed by atoms with Crippen LogP contribution < -0.4 is 5.46 Å². The average molecular weight is 152 g/mol. The van der Waals surface area contributed by atoms with Crippen molar-refractivity contribution in [2.75, 3.05) is 0 Å². The molecule has 0 saturated carbocycles. The molecule has 0 aliphatic heterocycles. The minimum Gasteiger partial charge on any atom is -0.423 e. The summed E-state index contributed by atoms with van der Waals surface area (Å²) in [6.45, 7) is 1.95. The Kier molecular flexibility index (Phi) is 3.86. The highest BCUT2D eigenvalue weighted by Crippen LogP contribution is 1.92. The van der Waals surface area contributed by atoms with Gasteiger partial charge in [-0.05, 0) is 12.4 Å². The van der Waals surface area contributed by atoms with Crippen molar-refractivity contribution >= 4 is 12.6 Å². The maximum atomic E-state index is 8.67. The average Bonchev–Trinajstić information content (AvgIpc) is 1.88. The van der Waals surface area contributed by atoms with Crippen molar-refractivity contribution in [1.82, 2.24) is 0 Å². The molecule has 0 atom stereocenters. The molecule has 0 fully saturated rings. The molecule has 2 N–H and O–H groups in total. The van der Waals surface area contributed by atoms with Crippen LogP contribution in [0.25, 0.3) is 0 Å². The Labute approximate surface area is 67.6 Å². The summed E-state index contributed by atoms with van der Waals surface area (Å²) in [4.78, 5) is 0. The Hall–Kier alpha value is -0.795. The van der Waals surface area contributed by atoms with Crippen LogP contribution in [0.1, 0.15) is 13.0 Å². The van der Waals surface area contributed by atoms with Crippen molar-refractivity contribution < 1.29 is 10.0 Å². The smallest absolute Gasteiger partial charge is 0.423 e. The van der Waals surface area contributed by atoms with Gasteiger partial charge in [0, 0.05) is 0 Å². The summed E-state index contributed by atoms with van der Waals surface area (Å²) in [7, 11) is -1.35. The summed E-state index contributed by atoms with van der Waals surface area (Å²) in [6, 6.07) is 7.07. The van der Waals surface area contributed by atoms with E-state index >= 15 is 0 Å². The fraction of sp³-hybridized carbons (Fsp3) is 0.250. The molecule has 11 heavy (non-hydrogen) atoms. The van der Waals surface area contributed by atoms with Gasteiger partial charge in [-0.15, -0.1) is 0 Å². The van der Waals surface area contributed by atoms with Crippen molar-refractivity contribution in [2.24, 2.45) is 0 Å². The zero-order valence-electron chi connectivity index (χ0n) is 5.78. The van der Waals surface area contributed by atoms with Crippen LogP contribution in [0.2, 0.25) is 0 Å². The van der Waals surface area contributed by atoms with Crippen LogP contribution in [0.4, 0.5) is 0 Å². The summed E-state index contributed by atoms with van der Waals surface area (Å²) >= 11 is 0. The zero-order chi connectivity index (χ0) is 7.56. The molecule has 0 spiro atoms. The molecule has 0 heterocycles. The second kappa shape index (κ2) is 4.16. The van der Waals surface area contributed by atoms with Gasteiger partial charge in [0.15, 0.2) is 0 Å². The van der Waals surface area contributed by atoms with Gasteiger partial charge in [0.1, 0.15) is 0 Å². The minimum atomic E-state index is -1.35. The molecule has 1 aromatic rings. The Morgan fingerprint density at radius 3 is 1.91 bits per heavy atom. The highest BCUT2D eigenvalue weighted by Gasteiger charge is 2.08. The summed E-state index contributed by atoms with van der Waals surface area (Å²) in [5, 5.41) is 17.3. The van der Waals surface area contributed by atoms with E-state index in [0.717, 1.165) is 5.56 Å². The van der Waals surface area contributed by atoms with Crippen molar-refractivity contribution in [3.8, 4) is 0 Å².